The summed E-state index contributed by atoms with van der Waals surface area (Å²) < 4.78 is 3.36. The maximum atomic E-state index is 5.32. The highest BCUT2D eigenvalue weighted by molar-refractivity contribution is 9.10. The van der Waals surface area contributed by atoms with Crippen molar-refractivity contribution in [3.8, 4) is 0 Å². The van der Waals surface area contributed by atoms with E-state index in [0.717, 1.165) is 22.3 Å². The molecule has 0 spiro atoms. The monoisotopic (exact) mass is 517 g/mol. The predicted molar refractivity (Wildman–Crippen MR) is 149 cm³/mol. The molecule has 3 nitrogen and oxygen atoms in total. The fourth-order valence-corrected chi connectivity index (χ4v) is 5.20. The van der Waals surface area contributed by atoms with Crippen LogP contribution in [-0.2, 0) is 6.54 Å². The summed E-state index contributed by atoms with van der Waals surface area (Å²) in [6.45, 7) is 0.804. The Labute approximate surface area is 213 Å². The first-order chi connectivity index (χ1) is 17.3. The molecule has 0 N–H and O–H groups in total. The summed E-state index contributed by atoms with van der Waals surface area (Å²) in [7, 11) is 0. The Kier molecular flexibility index (Phi) is 5.89. The molecule has 0 radical (unpaired) electrons. The van der Waals surface area contributed by atoms with Gasteiger partial charge in [0.25, 0.3) is 0 Å². The highest BCUT2D eigenvalue weighted by Crippen LogP contribution is 2.38. The SMILES string of the molecule is Brc1ccc2c(c1)c(C1=N[C@H](c3ccccc3)[C@@H](c3ccccc3)N=C1)cn2Cc1ccccc1. The van der Waals surface area contributed by atoms with Crippen LogP contribution in [0.15, 0.2) is 130 Å². The van der Waals surface area contributed by atoms with Crippen molar-refractivity contribution in [2.45, 2.75) is 18.6 Å². The Morgan fingerprint density at radius 2 is 1.34 bits per heavy atom. The van der Waals surface area contributed by atoms with Gasteiger partial charge in [-0.05, 0) is 34.9 Å². The highest BCUT2D eigenvalue weighted by atomic mass is 79.9. The van der Waals surface area contributed by atoms with Crippen LogP contribution in [0.25, 0.3) is 10.9 Å². The maximum Gasteiger partial charge on any atom is 0.102 e. The molecule has 4 aromatic carbocycles. The van der Waals surface area contributed by atoms with E-state index in [1.165, 1.54) is 27.6 Å². The summed E-state index contributed by atoms with van der Waals surface area (Å²) in [5, 5.41) is 1.17. The summed E-state index contributed by atoms with van der Waals surface area (Å²) in [4.78, 5) is 10.4. The lowest BCUT2D eigenvalue weighted by molar-refractivity contribution is 0.577. The molecule has 170 valence electrons. The Morgan fingerprint density at radius 3 is 2.03 bits per heavy atom. The van der Waals surface area contributed by atoms with E-state index in [1.54, 1.807) is 0 Å². The second-order valence-electron chi connectivity index (χ2n) is 8.82. The smallest absolute Gasteiger partial charge is 0.102 e. The minimum Gasteiger partial charge on any atom is -0.342 e. The van der Waals surface area contributed by atoms with Crippen LogP contribution in [0.2, 0.25) is 0 Å². The fraction of sp³-hybridized carbons (Fsp3) is 0.0968. The maximum absolute atomic E-state index is 5.32. The average Bonchev–Trinajstić information content (AvgIpc) is 3.27. The number of nitrogens with zero attached hydrogens (tertiary/aromatic N) is 3. The zero-order valence-electron chi connectivity index (χ0n) is 19.1. The normalized spacial score (nSPS) is 17.5. The summed E-state index contributed by atoms with van der Waals surface area (Å²) in [5.74, 6) is 0. The van der Waals surface area contributed by atoms with Crippen molar-refractivity contribution >= 4 is 38.8 Å². The molecular formula is C31H24BrN3. The largest absolute Gasteiger partial charge is 0.342 e. The third-order valence-corrected chi connectivity index (χ3v) is 7.02. The number of aliphatic imine (C=N–C) groups is 2. The summed E-state index contributed by atoms with van der Waals surface area (Å²) in [6.07, 6.45) is 4.18. The number of hydrogen-bond donors (Lipinski definition) is 0. The molecule has 0 aliphatic carbocycles. The molecule has 1 aliphatic heterocycles. The van der Waals surface area contributed by atoms with Crippen LogP contribution < -0.4 is 0 Å². The molecule has 2 atom stereocenters. The number of hydrogen-bond acceptors (Lipinski definition) is 2. The lowest BCUT2D eigenvalue weighted by atomic mass is 9.92. The van der Waals surface area contributed by atoms with Gasteiger partial charge in [-0.2, -0.15) is 0 Å². The number of halogens is 1. The third kappa shape index (κ3) is 4.38. The van der Waals surface area contributed by atoms with Gasteiger partial charge in [0.1, 0.15) is 12.1 Å². The van der Waals surface area contributed by atoms with Crippen molar-refractivity contribution in [1.29, 1.82) is 0 Å². The Bertz CT molecular complexity index is 1520. The van der Waals surface area contributed by atoms with Crippen LogP contribution in [0.4, 0.5) is 0 Å². The van der Waals surface area contributed by atoms with Crippen molar-refractivity contribution in [2.75, 3.05) is 0 Å². The summed E-state index contributed by atoms with van der Waals surface area (Å²) in [5.41, 5.74) is 6.82. The van der Waals surface area contributed by atoms with Crippen LogP contribution in [0.1, 0.15) is 34.3 Å². The second kappa shape index (κ2) is 9.47. The van der Waals surface area contributed by atoms with E-state index >= 15 is 0 Å². The molecule has 0 unspecified atom stereocenters. The molecule has 0 amide bonds. The molecule has 35 heavy (non-hydrogen) atoms. The van der Waals surface area contributed by atoms with Gasteiger partial charge in [-0.15, -0.1) is 0 Å². The van der Waals surface area contributed by atoms with Gasteiger partial charge >= 0.3 is 0 Å². The average molecular weight is 518 g/mol. The molecule has 1 aliphatic rings. The van der Waals surface area contributed by atoms with Crippen molar-refractivity contribution in [3.05, 3.63) is 142 Å². The van der Waals surface area contributed by atoms with Gasteiger partial charge in [0.2, 0.25) is 0 Å². The number of aromatic nitrogens is 1. The quantitative estimate of drug-likeness (QED) is 0.227. The molecule has 2 heterocycles. The summed E-state index contributed by atoms with van der Waals surface area (Å²) in [6, 6.07) is 37.9. The van der Waals surface area contributed by atoms with Gasteiger partial charge in [0.15, 0.2) is 0 Å². The first-order valence-corrected chi connectivity index (χ1v) is 12.6. The number of rotatable bonds is 5. The summed E-state index contributed by atoms with van der Waals surface area (Å²) >= 11 is 3.67. The van der Waals surface area contributed by atoms with Crippen molar-refractivity contribution in [1.82, 2.24) is 4.57 Å². The molecule has 4 heteroatoms. The van der Waals surface area contributed by atoms with Crippen molar-refractivity contribution in [3.63, 3.8) is 0 Å². The predicted octanol–water partition coefficient (Wildman–Crippen LogP) is 7.81. The van der Waals surface area contributed by atoms with Crippen molar-refractivity contribution in [2.24, 2.45) is 9.98 Å². The zero-order chi connectivity index (χ0) is 23.6. The van der Waals surface area contributed by atoms with Gasteiger partial charge in [-0.1, -0.05) is 107 Å². The van der Waals surface area contributed by atoms with E-state index in [4.69, 9.17) is 9.98 Å². The van der Waals surface area contributed by atoms with E-state index in [0.29, 0.717) is 0 Å². The zero-order valence-corrected chi connectivity index (χ0v) is 20.7. The van der Waals surface area contributed by atoms with Gasteiger partial charge in [-0.3, -0.25) is 9.98 Å². The number of benzene rings is 4. The first kappa shape index (κ1) is 21.8. The van der Waals surface area contributed by atoms with Crippen LogP contribution in [0.5, 0.6) is 0 Å². The van der Waals surface area contributed by atoms with Crippen LogP contribution in [-0.4, -0.2) is 16.5 Å². The standard InChI is InChI=1S/C31H24BrN3/c32-25-16-17-29-26(18-25)27(21-35(29)20-22-10-4-1-5-11-22)28-19-33-30(23-12-6-2-7-13-23)31(34-28)24-14-8-3-9-15-24/h1-19,21,30-31H,20H2/t30-,31-/m1/s1. The van der Waals surface area contributed by atoms with E-state index < -0.39 is 0 Å². The lowest BCUT2D eigenvalue weighted by Gasteiger charge is -2.25. The highest BCUT2D eigenvalue weighted by Gasteiger charge is 2.28. The van der Waals surface area contributed by atoms with Crippen LogP contribution in [0.3, 0.4) is 0 Å². The van der Waals surface area contributed by atoms with Gasteiger partial charge in [0.05, 0.1) is 5.71 Å². The van der Waals surface area contributed by atoms with Gasteiger partial charge in [-0.25, -0.2) is 0 Å². The minimum absolute atomic E-state index is 0.0493. The van der Waals surface area contributed by atoms with Gasteiger partial charge in [0, 0.05) is 39.9 Å². The van der Waals surface area contributed by atoms with E-state index in [9.17, 15) is 0 Å². The molecule has 6 rings (SSSR count). The third-order valence-electron chi connectivity index (χ3n) is 6.53. The molecule has 0 saturated carbocycles. The van der Waals surface area contributed by atoms with E-state index in [2.05, 4.69) is 124 Å². The first-order valence-electron chi connectivity index (χ1n) is 11.8. The Balaban J connectivity index is 1.47. The minimum atomic E-state index is -0.0849. The van der Waals surface area contributed by atoms with Crippen LogP contribution >= 0.6 is 15.9 Å². The van der Waals surface area contributed by atoms with Crippen molar-refractivity contribution < 1.29 is 0 Å². The molecule has 0 fully saturated rings. The second-order valence-corrected chi connectivity index (χ2v) is 9.74. The molecular weight excluding hydrogens is 494 g/mol. The Hall–Kier alpha value is -3.76. The molecule has 1 aromatic heterocycles. The van der Waals surface area contributed by atoms with E-state index in [-0.39, 0.29) is 12.1 Å². The fourth-order valence-electron chi connectivity index (χ4n) is 4.84. The molecule has 5 aromatic rings. The number of fused-ring (bicyclic) bond motifs is 1. The van der Waals surface area contributed by atoms with Crippen LogP contribution in [0, 0.1) is 0 Å². The Morgan fingerprint density at radius 1 is 0.714 bits per heavy atom. The van der Waals surface area contributed by atoms with E-state index in [1.807, 2.05) is 18.3 Å². The topological polar surface area (TPSA) is 29.6 Å². The molecule has 0 saturated heterocycles. The van der Waals surface area contributed by atoms with Gasteiger partial charge < -0.3 is 4.57 Å². The molecule has 0 bridgehead atoms. The lowest BCUT2D eigenvalue weighted by Crippen LogP contribution is -2.18.